The predicted octanol–water partition coefficient (Wildman–Crippen LogP) is 6.61. The molecule has 3 unspecified atom stereocenters. The van der Waals surface area contributed by atoms with Gasteiger partial charge in [-0.05, 0) is 34.4 Å². The van der Waals surface area contributed by atoms with E-state index in [0.717, 1.165) is 27.8 Å². The Bertz CT molecular complexity index is 1650. The normalized spacial score (nSPS) is 25.1. The number of carbonyl (C=O) groups is 2. The highest BCUT2D eigenvalue weighted by Crippen LogP contribution is 2.45. The summed E-state index contributed by atoms with van der Waals surface area (Å²) >= 11 is 0. The number of benzene rings is 4. The molecule has 2 aliphatic heterocycles. The van der Waals surface area contributed by atoms with Crippen LogP contribution in [0, 0.1) is 0 Å². The minimum atomic E-state index is -1.38. The van der Waals surface area contributed by atoms with E-state index in [1.807, 2.05) is 78.9 Å². The molecule has 2 fully saturated rings. The fraction of sp³-hybridized carbons (Fsp3) is 0.257. The largest absolute Gasteiger partial charge is 0.508 e. The molecule has 0 spiro atoms. The van der Waals surface area contributed by atoms with Gasteiger partial charge in [0.25, 0.3) is 0 Å². The van der Waals surface area contributed by atoms with E-state index >= 15 is 0 Å². The van der Waals surface area contributed by atoms with Gasteiger partial charge in [0.05, 0.1) is 12.2 Å². The lowest BCUT2D eigenvalue weighted by atomic mass is 9.97. The zero-order chi connectivity index (χ0) is 31.5. The van der Waals surface area contributed by atoms with Crippen molar-refractivity contribution < 1.29 is 47.1 Å². The van der Waals surface area contributed by atoms with Gasteiger partial charge in [-0.3, -0.25) is 4.52 Å². The molecular weight excluding hydrogens is 611 g/mol. The molecule has 10 nitrogen and oxygen atoms in total. The number of hydrogen-bond donors (Lipinski definition) is 0. The van der Waals surface area contributed by atoms with E-state index in [9.17, 15) is 14.2 Å². The number of carbonyl (C=O) groups excluding carboxylic acids is 2. The van der Waals surface area contributed by atoms with E-state index in [2.05, 4.69) is 0 Å². The average Bonchev–Trinajstić information content (AvgIpc) is 3.43. The minimum Gasteiger partial charge on any atom is -0.449 e. The first kappa shape index (κ1) is 30.2. The maximum Gasteiger partial charge on any atom is 0.508 e. The Balaban J connectivity index is 1.15. The van der Waals surface area contributed by atoms with Crippen LogP contribution in [0.2, 0.25) is 0 Å². The lowest BCUT2D eigenvalue weighted by Gasteiger charge is -2.47. The molecule has 3 aliphatic rings. The van der Waals surface area contributed by atoms with Gasteiger partial charge in [0.2, 0.25) is 6.29 Å². The summed E-state index contributed by atoms with van der Waals surface area (Å²) in [5.74, 6) is -0.928. The Morgan fingerprint density at radius 2 is 1.37 bits per heavy atom. The molecule has 0 radical (unpaired) electrons. The van der Waals surface area contributed by atoms with Crippen LogP contribution in [-0.2, 0) is 37.5 Å². The zero-order valence-corrected chi connectivity index (χ0v) is 25.3. The second-order valence-electron chi connectivity index (χ2n) is 11.0. The van der Waals surface area contributed by atoms with E-state index < -0.39 is 57.8 Å². The second kappa shape index (κ2) is 13.5. The van der Waals surface area contributed by atoms with E-state index in [0.29, 0.717) is 0 Å². The summed E-state index contributed by atoms with van der Waals surface area (Å²) in [6.07, 6.45) is -7.62. The van der Waals surface area contributed by atoms with Crippen LogP contribution < -0.4 is 0 Å². The molecule has 0 aromatic heterocycles. The molecule has 234 valence electrons. The van der Waals surface area contributed by atoms with E-state index in [1.54, 1.807) is 30.3 Å². The molecule has 6 atom stereocenters. The summed E-state index contributed by atoms with van der Waals surface area (Å²) < 4.78 is 52.6. The van der Waals surface area contributed by atoms with Gasteiger partial charge >= 0.3 is 20.8 Å². The van der Waals surface area contributed by atoms with Gasteiger partial charge in [0.1, 0.15) is 18.8 Å². The number of hydrogen-bond acceptors (Lipinski definition) is 10. The molecule has 0 bridgehead atoms. The van der Waals surface area contributed by atoms with Gasteiger partial charge in [-0.25, -0.2) is 14.2 Å². The fourth-order valence-electron chi connectivity index (χ4n) is 6.21. The van der Waals surface area contributed by atoms with Gasteiger partial charge in [0, 0.05) is 11.5 Å². The number of rotatable bonds is 8. The SMILES string of the molecule is O=PO[C@@H]1OC2COC(c3ccccc3)O[C@H]2C(OC(=O)OCC2c3ccccc3-c3ccccc32)[C@@H]1OC(=O)c1ccccc1. The van der Waals surface area contributed by atoms with Crippen molar-refractivity contribution in [1.82, 2.24) is 0 Å². The first-order valence-corrected chi connectivity index (χ1v) is 15.6. The van der Waals surface area contributed by atoms with Gasteiger partial charge in [-0.15, -0.1) is 0 Å². The van der Waals surface area contributed by atoms with Crippen molar-refractivity contribution in [3.05, 3.63) is 131 Å². The third-order valence-corrected chi connectivity index (χ3v) is 8.61. The highest BCUT2D eigenvalue weighted by molar-refractivity contribution is 7.17. The first-order valence-electron chi connectivity index (χ1n) is 14.8. The highest BCUT2D eigenvalue weighted by Gasteiger charge is 2.55. The van der Waals surface area contributed by atoms with E-state index in [-0.39, 0.29) is 24.7 Å². The summed E-state index contributed by atoms with van der Waals surface area (Å²) in [7, 11) is -0.733. The van der Waals surface area contributed by atoms with Crippen molar-refractivity contribution in [2.75, 3.05) is 13.2 Å². The maximum atomic E-state index is 13.5. The molecule has 4 aromatic carbocycles. The van der Waals surface area contributed by atoms with Crippen LogP contribution >= 0.6 is 8.69 Å². The average molecular weight is 641 g/mol. The summed E-state index contributed by atoms with van der Waals surface area (Å²) in [6, 6.07) is 33.5. The summed E-state index contributed by atoms with van der Waals surface area (Å²) in [4.78, 5) is 26.7. The molecular formula is C35H29O10P. The van der Waals surface area contributed by atoms with Crippen LogP contribution in [0.3, 0.4) is 0 Å². The van der Waals surface area contributed by atoms with Crippen molar-refractivity contribution in [2.24, 2.45) is 0 Å². The maximum absolute atomic E-state index is 13.5. The first-order chi connectivity index (χ1) is 22.6. The molecule has 1 aliphatic carbocycles. The number of esters is 1. The van der Waals surface area contributed by atoms with Crippen LogP contribution in [0.5, 0.6) is 0 Å². The molecule has 2 saturated heterocycles. The van der Waals surface area contributed by atoms with Crippen LogP contribution in [-0.4, -0.2) is 56.0 Å². The Morgan fingerprint density at radius 3 is 2.04 bits per heavy atom. The molecule has 11 heteroatoms. The molecule has 2 heterocycles. The quantitative estimate of drug-likeness (QED) is 0.154. The topological polar surface area (TPSA) is 116 Å². The van der Waals surface area contributed by atoms with Crippen LogP contribution in [0.15, 0.2) is 109 Å². The number of fused-ring (bicyclic) bond motifs is 4. The number of ether oxygens (including phenoxy) is 6. The van der Waals surface area contributed by atoms with Crippen molar-refractivity contribution in [1.29, 1.82) is 0 Å². The zero-order valence-electron chi connectivity index (χ0n) is 24.4. The Kier molecular flexibility index (Phi) is 8.87. The Hall–Kier alpha value is -4.44. The smallest absolute Gasteiger partial charge is 0.449 e. The molecule has 0 saturated carbocycles. The van der Waals surface area contributed by atoms with Crippen LogP contribution in [0.25, 0.3) is 11.1 Å². The van der Waals surface area contributed by atoms with Crippen molar-refractivity contribution in [2.45, 2.75) is 42.9 Å². The molecule has 7 rings (SSSR count). The van der Waals surface area contributed by atoms with Crippen molar-refractivity contribution in [3.63, 3.8) is 0 Å². The molecule has 4 aromatic rings. The fourth-order valence-corrected chi connectivity index (χ4v) is 6.47. The molecule has 0 amide bonds. The van der Waals surface area contributed by atoms with Crippen LogP contribution in [0.1, 0.15) is 39.3 Å². The van der Waals surface area contributed by atoms with E-state index in [1.165, 1.54) is 0 Å². The van der Waals surface area contributed by atoms with Crippen molar-refractivity contribution in [3.8, 4) is 11.1 Å². The standard InChI is InChI=1S/C35H29O10P/c36-32(21-11-3-1-4-12-21)42-31-30(29-28(41-34(31)45-46-38)20-39-33(43-29)22-13-5-2-6-14-22)44-35(37)40-19-27-25-17-9-7-15-23(25)24-16-8-10-18-26(24)27/h1-18,27-31,33-34H,19-20H2/t28?,29-,30?,31+,33?,34+/m1/s1. The van der Waals surface area contributed by atoms with Gasteiger partial charge in [0.15, 0.2) is 18.5 Å². The molecule has 0 N–H and O–H groups in total. The lowest BCUT2D eigenvalue weighted by molar-refractivity contribution is -0.348. The summed E-state index contributed by atoms with van der Waals surface area (Å²) in [5.41, 5.74) is 5.23. The van der Waals surface area contributed by atoms with Gasteiger partial charge in [-0.1, -0.05) is 97.1 Å². The van der Waals surface area contributed by atoms with Crippen LogP contribution in [0.4, 0.5) is 4.79 Å². The Morgan fingerprint density at radius 1 is 0.739 bits per heavy atom. The van der Waals surface area contributed by atoms with Crippen molar-refractivity contribution >= 4 is 20.8 Å². The monoisotopic (exact) mass is 640 g/mol. The van der Waals surface area contributed by atoms with Gasteiger partial charge in [-0.2, -0.15) is 0 Å². The molecule has 46 heavy (non-hydrogen) atoms. The van der Waals surface area contributed by atoms with E-state index in [4.69, 9.17) is 32.9 Å². The lowest BCUT2D eigenvalue weighted by Crippen LogP contribution is -2.64. The highest BCUT2D eigenvalue weighted by atomic mass is 31.1. The minimum absolute atomic E-state index is 0.00829. The van der Waals surface area contributed by atoms with Gasteiger partial charge < -0.3 is 28.4 Å². The third kappa shape index (κ3) is 6.06. The predicted molar refractivity (Wildman–Crippen MR) is 163 cm³/mol. The third-order valence-electron chi connectivity index (χ3n) is 8.32. The Labute approximate surface area is 266 Å². The second-order valence-corrected chi connectivity index (χ2v) is 11.4. The summed E-state index contributed by atoms with van der Waals surface area (Å²) in [5, 5.41) is 0. The summed E-state index contributed by atoms with van der Waals surface area (Å²) in [6.45, 7) is 0.0398.